The normalized spacial score (nSPS) is 15.8. The van der Waals surface area contributed by atoms with Crippen molar-refractivity contribution in [2.45, 2.75) is 19.9 Å². The van der Waals surface area contributed by atoms with E-state index in [1.165, 1.54) is 0 Å². The Morgan fingerprint density at radius 2 is 2.25 bits per heavy atom. The van der Waals surface area contributed by atoms with Gasteiger partial charge in [-0.15, -0.1) is 11.6 Å². The van der Waals surface area contributed by atoms with E-state index in [0.717, 1.165) is 27.8 Å². The molecule has 1 N–H and O–H groups in total. The molecule has 1 aliphatic rings. The highest BCUT2D eigenvalue weighted by Gasteiger charge is 2.20. The van der Waals surface area contributed by atoms with Crippen molar-refractivity contribution in [3.63, 3.8) is 0 Å². The molecule has 1 aromatic carbocycles. The van der Waals surface area contributed by atoms with E-state index in [1.807, 2.05) is 19.1 Å². The molecule has 0 fully saturated rings. The van der Waals surface area contributed by atoms with Crippen molar-refractivity contribution < 1.29 is 13.2 Å². The average Bonchev–Trinajstić information content (AvgIpc) is 2.83. The molecule has 0 bridgehead atoms. The summed E-state index contributed by atoms with van der Waals surface area (Å²) < 4.78 is 33.0. The maximum absolute atomic E-state index is 11.9. The first-order valence-electron chi connectivity index (χ1n) is 6.38. The summed E-state index contributed by atoms with van der Waals surface area (Å²) in [5.41, 5.74) is 1.97. The lowest BCUT2D eigenvalue weighted by Crippen LogP contribution is -2.29. The van der Waals surface area contributed by atoms with Crippen molar-refractivity contribution in [1.82, 2.24) is 4.72 Å². The molecule has 0 saturated heterocycles. The predicted octanol–water partition coefficient (Wildman–Crippen LogP) is 2.68. The number of benzene rings is 1. The number of ether oxygens (including phenoxy) is 1. The lowest BCUT2D eigenvalue weighted by atomic mass is 10.1. The molecule has 112 valence electrons. The molecule has 1 atom stereocenters. The Kier molecular flexibility index (Phi) is 5.34. The van der Waals surface area contributed by atoms with Crippen molar-refractivity contribution in [3.05, 3.63) is 27.7 Å². The quantitative estimate of drug-likeness (QED) is 0.770. The number of nitrogens with one attached hydrogen (secondary N) is 1. The van der Waals surface area contributed by atoms with Gasteiger partial charge in [0.25, 0.3) is 0 Å². The molecule has 1 aliphatic heterocycles. The number of halogens is 2. The Labute approximate surface area is 133 Å². The smallest absolute Gasteiger partial charge is 0.212 e. The summed E-state index contributed by atoms with van der Waals surface area (Å²) in [6, 6.07) is 3.90. The van der Waals surface area contributed by atoms with Gasteiger partial charge < -0.3 is 4.74 Å². The molecule has 1 unspecified atom stereocenters. The van der Waals surface area contributed by atoms with Crippen LogP contribution in [-0.2, 0) is 23.0 Å². The second kappa shape index (κ2) is 6.64. The third-order valence-corrected chi connectivity index (χ3v) is 5.65. The zero-order chi connectivity index (χ0) is 14.8. The maximum atomic E-state index is 11.9. The summed E-state index contributed by atoms with van der Waals surface area (Å²) >= 11 is 9.09. The molecular weight excluding hydrogens is 366 g/mol. The minimum atomic E-state index is -3.33. The number of sulfonamides is 1. The van der Waals surface area contributed by atoms with Crippen molar-refractivity contribution >= 4 is 37.6 Å². The molecule has 0 spiro atoms. The minimum Gasteiger partial charge on any atom is -0.493 e. The number of alkyl halides is 1. The van der Waals surface area contributed by atoms with Gasteiger partial charge in [0.2, 0.25) is 10.0 Å². The molecule has 1 aromatic rings. The molecule has 20 heavy (non-hydrogen) atoms. The Hall–Kier alpha value is -0.300. The van der Waals surface area contributed by atoms with Crippen LogP contribution in [0.4, 0.5) is 0 Å². The van der Waals surface area contributed by atoms with Crippen molar-refractivity contribution in [3.8, 4) is 5.75 Å². The predicted molar refractivity (Wildman–Crippen MR) is 83.9 cm³/mol. The van der Waals surface area contributed by atoms with E-state index in [0.29, 0.717) is 12.5 Å². The van der Waals surface area contributed by atoms with Crippen molar-refractivity contribution in [2.24, 2.45) is 5.92 Å². The number of hydrogen-bond donors (Lipinski definition) is 1. The molecule has 2 rings (SSSR count). The van der Waals surface area contributed by atoms with E-state index in [4.69, 9.17) is 16.3 Å². The van der Waals surface area contributed by atoms with Crippen molar-refractivity contribution in [2.75, 3.05) is 18.2 Å². The SMILES string of the molecule is CC(CCl)CS(=O)(=O)NCc1cc(Br)cc2c1OCC2. The Morgan fingerprint density at radius 1 is 1.50 bits per heavy atom. The van der Waals surface area contributed by atoms with Crippen LogP contribution in [0.15, 0.2) is 16.6 Å². The van der Waals surface area contributed by atoms with Crippen LogP contribution >= 0.6 is 27.5 Å². The molecule has 7 heteroatoms. The Morgan fingerprint density at radius 3 is 2.95 bits per heavy atom. The van der Waals surface area contributed by atoms with Gasteiger partial charge in [-0.05, 0) is 23.6 Å². The molecule has 0 radical (unpaired) electrons. The Bertz CT molecular complexity index is 592. The van der Waals surface area contributed by atoms with E-state index in [2.05, 4.69) is 20.7 Å². The summed E-state index contributed by atoms with van der Waals surface area (Å²) in [6.07, 6.45) is 0.859. The Balaban J connectivity index is 2.08. The second-order valence-electron chi connectivity index (χ2n) is 5.01. The third kappa shape index (κ3) is 4.10. The number of hydrogen-bond acceptors (Lipinski definition) is 3. The highest BCUT2D eigenvalue weighted by Crippen LogP contribution is 2.32. The van der Waals surface area contributed by atoms with E-state index < -0.39 is 10.0 Å². The van der Waals surface area contributed by atoms with E-state index in [-0.39, 0.29) is 18.2 Å². The van der Waals surface area contributed by atoms with Crippen LogP contribution in [0.5, 0.6) is 5.75 Å². The summed E-state index contributed by atoms with van der Waals surface area (Å²) in [7, 11) is -3.33. The maximum Gasteiger partial charge on any atom is 0.212 e. The average molecular weight is 383 g/mol. The first-order valence-corrected chi connectivity index (χ1v) is 9.36. The fourth-order valence-corrected chi connectivity index (χ4v) is 4.29. The van der Waals surface area contributed by atoms with E-state index in [9.17, 15) is 8.42 Å². The molecule has 0 amide bonds. The van der Waals surface area contributed by atoms with Gasteiger partial charge in [0.15, 0.2) is 0 Å². The fraction of sp³-hybridized carbons (Fsp3) is 0.538. The third-order valence-electron chi connectivity index (χ3n) is 3.08. The van der Waals surface area contributed by atoms with Gasteiger partial charge in [0, 0.05) is 28.9 Å². The van der Waals surface area contributed by atoms with Crippen LogP contribution in [0.25, 0.3) is 0 Å². The summed E-state index contributed by atoms with van der Waals surface area (Å²) in [4.78, 5) is 0. The first-order chi connectivity index (χ1) is 9.41. The second-order valence-corrected chi connectivity index (χ2v) is 8.09. The summed E-state index contributed by atoms with van der Waals surface area (Å²) in [5, 5.41) is 0. The lowest BCUT2D eigenvalue weighted by molar-refractivity contribution is 0.353. The fourth-order valence-electron chi connectivity index (χ4n) is 2.14. The number of fused-ring (bicyclic) bond motifs is 1. The largest absolute Gasteiger partial charge is 0.493 e. The molecule has 1 heterocycles. The van der Waals surface area contributed by atoms with Crippen LogP contribution in [0, 0.1) is 5.92 Å². The summed E-state index contributed by atoms with van der Waals surface area (Å²) in [6.45, 7) is 2.69. The standard InChI is InChI=1S/C13H17BrClNO3S/c1-9(6-15)8-20(17,18)16-7-11-5-12(14)4-10-2-3-19-13(10)11/h4-5,9,16H,2-3,6-8H2,1H3. The van der Waals surface area contributed by atoms with Gasteiger partial charge in [0.05, 0.1) is 12.4 Å². The van der Waals surface area contributed by atoms with Crippen LogP contribution in [-0.4, -0.2) is 26.7 Å². The van der Waals surface area contributed by atoms with Gasteiger partial charge in [0.1, 0.15) is 5.75 Å². The minimum absolute atomic E-state index is 0.0353. The molecule has 0 aromatic heterocycles. The highest BCUT2D eigenvalue weighted by atomic mass is 79.9. The lowest BCUT2D eigenvalue weighted by Gasteiger charge is -2.12. The van der Waals surface area contributed by atoms with Crippen LogP contribution < -0.4 is 9.46 Å². The number of rotatable bonds is 6. The van der Waals surface area contributed by atoms with Gasteiger partial charge >= 0.3 is 0 Å². The van der Waals surface area contributed by atoms with Gasteiger partial charge in [-0.2, -0.15) is 0 Å². The highest BCUT2D eigenvalue weighted by molar-refractivity contribution is 9.10. The molecule has 4 nitrogen and oxygen atoms in total. The van der Waals surface area contributed by atoms with Gasteiger partial charge in [-0.25, -0.2) is 13.1 Å². The monoisotopic (exact) mass is 381 g/mol. The zero-order valence-corrected chi connectivity index (χ0v) is 14.3. The van der Waals surface area contributed by atoms with Crippen LogP contribution in [0.2, 0.25) is 0 Å². The molecule has 0 aliphatic carbocycles. The summed E-state index contributed by atoms with van der Waals surface area (Å²) in [5.74, 6) is 1.10. The van der Waals surface area contributed by atoms with Gasteiger partial charge in [-0.3, -0.25) is 0 Å². The van der Waals surface area contributed by atoms with Crippen molar-refractivity contribution in [1.29, 1.82) is 0 Å². The van der Waals surface area contributed by atoms with Gasteiger partial charge in [-0.1, -0.05) is 22.9 Å². The first kappa shape index (κ1) is 16.1. The van der Waals surface area contributed by atoms with Crippen LogP contribution in [0.3, 0.4) is 0 Å². The topological polar surface area (TPSA) is 55.4 Å². The molecule has 0 saturated carbocycles. The van der Waals surface area contributed by atoms with E-state index >= 15 is 0 Å². The molecular formula is C13H17BrClNO3S. The zero-order valence-electron chi connectivity index (χ0n) is 11.2. The van der Waals surface area contributed by atoms with Crippen LogP contribution in [0.1, 0.15) is 18.1 Å². The van der Waals surface area contributed by atoms with E-state index in [1.54, 1.807) is 0 Å².